The standard InChI is InChI=1S/C14H17NO/c1-3-11(10-16)8-12-9-15(2)14-7-5-4-6-13(12)14/h4-9,16H,3,10H2,1-2H3/b11-8-. The Balaban J connectivity index is 2.57. The Hall–Kier alpha value is -1.54. The fraction of sp³-hybridized carbons (Fsp3) is 0.286. The molecule has 0 saturated heterocycles. The second-order valence-electron chi connectivity index (χ2n) is 4.03. The lowest BCUT2D eigenvalue weighted by atomic mass is 10.1. The van der Waals surface area contributed by atoms with Crippen molar-refractivity contribution in [2.75, 3.05) is 6.61 Å². The number of hydrogen-bond acceptors (Lipinski definition) is 1. The van der Waals surface area contributed by atoms with Gasteiger partial charge in [0.15, 0.2) is 0 Å². The van der Waals surface area contributed by atoms with Crippen LogP contribution in [0, 0.1) is 0 Å². The van der Waals surface area contributed by atoms with Crippen molar-refractivity contribution in [3.05, 3.63) is 41.6 Å². The van der Waals surface area contributed by atoms with Gasteiger partial charge in [0.25, 0.3) is 0 Å². The zero-order chi connectivity index (χ0) is 11.5. The molecule has 0 unspecified atom stereocenters. The summed E-state index contributed by atoms with van der Waals surface area (Å²) >= 11 is 0. The SMILES string of the molecule is CC/C(=C/c1cn(C)c2ccccc12)CO. The van der Waals surface area contributed by atoms with Crippen molar-refractivity contribution in [3.63, 3.8) is 0 Å². The van der Waals surface area contributed by atoms with Crippen molar-refractivity contribution in [1.29, 1.82) is 0 Å². The number of aryl methyl sites for hydroxylation is 1. The lowest BCUT2D eigenvalue weighted by molar-refractivity contribution is 0.329. The number of rotatable bonds is 3. The molecule has 0 fully saturated rings. The average Bonchev–Trinajstić information content (AvgIpc) is 2.64. The monoisotopic (exact) mass is 215 g/mol. The minimum Gasteiger partial charge on any atom is -0.392 e. The first kappa shape index (κ1) is 11.0. The first-order valence-electron chi connectivity index (χ1n) is 5.60. The Kier molecular flexibility index (Phi) is 3.11. The Bertz CT molecular complexity index is 517. The third-order valence-electron chi connectivity index (χ3n) is 2.94. The third kappa shape index (κ3) is 1.89. The van der Waals surface area contributed by atoms with Gasteiger partial charge in [-0.2, -0.15) is 0 Å². The van der Waals surface area contributed by atoms with Gasteiger partial charge < -0.3 is 9.67 Å². The Morgan fingerprint density at radius 1 is 1.38 bits per heavy atom. The van der Waals surface area contributed by atoms with Crippen molar-refractivity contribution in [1.82, 2.24) is 4.57 Å². The van der Waals surface area contributed by atoms with Crippen LogP contribution in [0.4, 0.5) is 0 Å². The van der Waals surface area contributed by atoms with E-state index in [1.165, 1.54) is 16.5 Å². The van der Waals surface area contributed by atoms with E-state index in [1.54, 1.807) is 0 Å². The van der Waals surface area contributed by atoms with E-state index in [0.717, 1.165) is 12.0 Å². The molecule has 1 aromatic carbocycles. The molecule has 2 aromatic rings. The van der Waals surface area contributed by atoms with Crippen LogP contribution in [-0.2, 0) is 7.05 Å². The van der Waals surface area contributed by atoms with Crippen LogP contribution in [0.5, 0.6) is 0 Å². The molecule has 0 aliphatic carbocycles. The number of hydrogen-bond donors (Lipinski definition) is 1. The van der Waals surface area contributed by atoms with Gasteiger partial charge in [0.05, 0.1) is 6.61 Å². The second-order valence-corrected chi connectivity index (χ2v) is 4.03. The zero-order valence-electron chi connectivity index (χ0n) is 9.77. The van der Waals surface area contributed by atoms with Crippen molar-refractivity contribution in [2.45, 2.75) is 13.3 Å². The number of fused-ring (bicyclic) bond motifs is 1. The molecule has 1 heterocycles. The lowest BCUT2D eigenvalue weighted by Crippen LogP contribution is -1.87. The van der Waals surface area contributed by atoms with Crippen LogP contribution in [0.3, 0.4) is 0 Å². The molecule has 0 saturated carbocycles. The molecule has 0 aliphatic rings. The van der Waals surface area contributed by atoms with E-state index >= 15 is 0 Å². The maximum Gasteiger partial charge on any atom is 0.0644 e. The first-order valence-corrected chi connectivity index (χ1v) is 5.60. The molecule has 2 heteroatoms. The first-order chi connectivity index (χ1) is 7.76. The second kappa shape index (κ2) is 4.54. The molecular formula is C14H17NO. The van der Waals surface area contributed by atoms with Gasteiger partial charge in [-0.1, -0.05) is 31.2 Å². The quantitative estimate of drug-likeness (QED) is 0.836. The summed E-state index contributed by atoms with van der Waals surface area (Å²) in [4.78, 5) is 0. The summed E-state index contributed by atoms with van der Waals surface area (Å²) < 4.78 is 2.12. The number of para-hydroxylation sites is 1. The molecule has 1 N–H and O–H groups in total. The highest BCUT2D eigenvalue weighted by atomic mass is 16.3. The Labute approximate surface area is 95.8 Å². The van der Waals surface area contributed by atoms with Crippen LogP contribution in [0.2, 0.25) is 0 Å². The van der Waals surface area contributed by atoms with Crippen molar-refractivity contribution < 1.29 is 5.11 Å². The molecule has 2 rings (SSSR count). The maximum atomic E-state index is 9.19. The summed E-state index contributed by atoms with van der Waals surface area (Å²) in [6.45, 7) is 2.20. The molecule has 0 aliphatic heterocycles. The molecular weight excluding hydrogens is 198 g/mol. The number of aliphatic hydroxyl groups is 1. The highest BCUT2D eigenvalue weighted by molar-refractivity contribution is 5.89. The predicted molar refractivity (Wildman–Crippen MR) is 68.3 cm³/mol. The van der Waals surface area contributed by atoms with E-state index < -0.39 is 0 Å². The fourth-order valence-corrected chi connectivity index (χ4v) is 1.97. The van der Waals surface area contributed by atoms with E-state index in [1.807, 2.05) is 19.2 Å². The lowest BCUT2D eigenvalue weighted by Gasteiger charge is -1.98. The van der Waals surface area contributed by atoms with Crippen LogP contribution in [0.15, 0.2) is 36.0 Å². The average molecular weight is 215 g/mol. The molecule has 2 nitrogen and oxygen atoms in total. The van der Waals surface area contributed by atoms with Gasteiger partial charge in [0, 0.05) is 24.1 Å². The number of aromatic nitrogens is 1. The highest BCUT2D eigenvalue weighted by Crippen LogP contribution is 2.22. The summed E-state index contributed by atoms with van der Waals surface area (Å²) in [5.41, 5.74) is 3.47. The maximum absolute atomic E-state index is 9.19. The molecule has 1 aromatic heterocycles. The van der Waals surface area contributed by atoms with Crippen LogP contribution in [-0.4, -0.2) is 16.3 Å². The van der Waals surface area contributed by atoms with Crippen molar-refractivity contribution >= 4 is 17.0 Å². The predicted octanol–water partition coefficient (Wildman–Crippen LogP) is 2.96. The molecule has 0 atom stereocenters. The van der Waals surface area contributed by atoms with Crippen molar-refractivity contribution in [2.24, 2.45) is 7.05 Å². The van der Waals surface area contributed by atoms with E-state index in [0.29, 0.717) is 0 Å². The molecule has 16 heavy (non-hydrogen) atoms. The van der Waals surface area contributed by atoms with Gasteiger partial charge in [0.1, 0.15) is 0 Å². The highest BCUT2D eigenvalue weighted by Gasteiger charge is 2.03. The number of nitrogens with zero attached hydrogens (tertiary/aromatic N) is 1. The summed E-state index contributed by atoms with van der Waals surface area (Å²) in [5.74, 6) is 0. The number of benzene rings is 1. The van der Waals surface area contributed by atoms with Crippen molar-refractivity contribution in [3.8, 4) is 0 Å². The molecule has 0 bridgehead atoms. The summed E-state index contributed by atoms with van der Waals surface area (Å²) in [7, 11) is 2.05. The van der Waals surface area contributed by atoms with Gasteiger partial charge in [-0.25, -0.2) is 0 Å². The minimum absolute atomic E-state index is 0.139. The van der Waals surface area contributed by atoms with Crippen LogP contribution < -0.4 is 0 Å². The Morgan fingerprint density at radius 3 is 2.81 bits per heavy atom. The summed E-state index contributed by atoms with van der Waals surface area (Å²) in [6, 6.07) is 8.32. The third-order valence-corrected chi connectivity index (χ3v) is 2.94. The minimum atomic E-state index is 0.139. The molecule has 0 spiro atoms. The fourth-order valence-electron chi connectivity index (χ4n) is 1.97. The number of aliphatic hydroxyl groups excluding tert-OH is 1. The Morgan fingerprint density at radius 2 is 2.12 bits per heavy atom. The van der Waals surface area contributed by atoms with E-state index in [9.17, 15) is 5.11 Å². The molecule has 84 valence electrons. The summed E-state index contributed by atoms with van der Waals surface area (Å²) in [5, 5.41) is 10.4. The van der Waals surface area contributed by atoms with E-state index in [-0.39, 0.29) is 6.61 Å². The molecule has 0 radical (unpaired) electrons. The largest absolute Gasteiger partial charge is 0.392 e. The topological polar surface area (TPSA) is 25.2 Å². The van der Waals surface area contributed by atoms with Gasteiger partial charge in [-0.05, 0) is 23.6 Å². The van der Waals surface area contributed by atoms with E-state index in [2.05, 4.69) is 35.9 Å². The normalized spacial score (nSPS) is 12.3. The zero-order valence-corrected chi connectivity index (χ0v) is 9.77. The van der Waals surface area contributed by atoms with Gasteiger partial charge in [-0.3, -0.25) is 0 Å². The van der Waals surface area contributed by atoms with Crippen LogP contribution >= 0.6 is 0 Å². The van der Waals surface area contributed by atoms with Gasteiger partial charge in [-0.15, -0.1) is 0 Å². The summed E-state index contributed by atoms with van der Waals surface area (Å²) in [6.07, 6.45) is 5.08. The van der Waals surface area contributed by atoms with Gasteiger partial charge >= 0.3 is 0 Å². The van der Waals surface area contributed by atoms with Crippen LogP contribution in [0.25, 0.3) is 17.0 Å². The smallest absolute Gasteiger partial charge is 0.0644 e. The van der Waals surface area contributed by atoms with E-state index in [4.69, 9.17) is 0 Å². The van der Waals surface area contributed by atoms with Gasteiger partial charge in [0.2, 0.25) is 0 Å². The molecule has 0 amide bonds. The van der Waals surface area contributed by atoms with Crippen LogP contribution in [0.1, 0.15) is 18.9 Å².